The minimum atomic E-state index is 0. The average molecular weight is 933 g/mol. The van der Waals surface area contributed by atoms with Gasteiger partial charge in [-0.3, -0.25) is 4.79 Å². The summed E-state index contributed by atoms with van der Waals surface area (Å²) in [5.74, 6) is 1.38. The third-order valence-corrected chi connectivity index (χ3v) is 9.33. The summed E-state index contributed by atoms with van der Waals surface area (Å²) in [6.45, 7) is 68.5. The van der Waals surface area contributed by atoms with Crippen LogP contribution in [0, 0.1) is 49.2 Å². The first-order valence-corrected chi connectivity index (χ1v) is 25.8. The molecule has 0 fully saturated rings. The molecule has 0 aliphatic carbocycles. The van der Waals surface area contributed by atoms with Gasteiger partial charge in [-0.25, -0.2) is 0 Å². The van der Waals surface area contributed by atoms with E-state index in [1.807, 2.05) is 0 Å². The number of rotatable bonds is 9. The summed E-state index contributed by atoms with van der Waals surface area (Å²) in [4.78, 5) is 27.6. The molecule has 0 heterocycles. The second-order valence-corrected chi connectivity index (χ2v) is 28.8. The Morgan fingerprint density at radius 1 is 0.415 bits per heavy atom. The third-order valence-electron chi connectivity index (χ3n) is 9.33. The maximum atomic E-state index is 11.1. The summed E-state index contributed by atoms with van der Waals surface area (Å²) in [5, 5.41) is 0. The maximum Gasteiger partial charge on any atom is 0.222 e. The zero-order chi connectivity index (χ0) is 53.9. The van der Waals surface area contributed by atoms with Gasteiger partial charge in [0, 0.05) is 33.5 Å². The van der Waals surface area contributed by atoms with Crippen molar-refractivity contribution >= 4 is 11.7 Å². The molecule has 0 aliphatic heterocycles. The molecule has 0 radical (unpaired) electrons. The summed E-state index contributed by atoms with van der Waals surface area (Å²) in [6, 6.07) is 0. The number of Topliss-reactive ketones (excluding diaryl/α,β-unsaturated/α-hetero) is 1. The number of hydrogen-bond donors (Lipinski definition) is 0. The van der Waals surface area contributed by atoms with Crippen LogP contribution in [0.5, 0.6) is 0 Å². The molecule has 404 valence electrons. The quantitative estimate of drug-likeness (QED) is 0.231. The van der Waals surface area contributed by atoms with Gasteiger partial charge in [-0.1, -0.05) is 240 Å². The van der Waals surface area contributed by atoms with Crippen molar-refractivity contribution in [1.82, 2.24) is 14.7 Å². The van der Waals surface area contributed by atoms with E-state index in [-0.39, 0.29) is 29.9 Å². The van der Waals surface area contributed by atoms with Gasteiger partial charge < -0.3 is 19.5 Å². The Kier molecular flexibility index (Phi) is 52.9. The van der Waals surface area contributed by atoms with Gasteiger partial charge in [0.05, 0.1) is 0 Å². The van der Waals surface area contributed by atoms with E-state index in [0.717, 1.165) is 12.5 Å². The summed E-state index contributed by atoms with van der Waals surface area (Å²) in [6.07, 6.45) is 11.8. The number of carbonyl (C=O) groups excluding carboxylic acids is 2. The van der Waals surface area contributed by atoms with E-state index < -0.39 is 0 Å². The largest absolute Gasteiger partial charge is 0.349 e. The Hall–Kier alpha value is -0.940. The van der Waals surface area contributed by atoms with Crippen molar-refractivity contribution in [2.24, 2.45) is 49.2 Å². The van der Waals surface area contributed by atoms with E-state index in [1.54, 1.807) is 25.9 Å². The van der Waals surface area contributed by atoms with Crippen molar-refractivity contribution in [3.8, 4) is 0 Å². The molecule has 0 N–H and O–H groups in total. The van der Waals surface area contributed by atoms with E-state index in [9.17, 15) is 9.59 Å². The highest BCUT2D eigenvalue weighted by atomic mass is 16.2. The molecule has 1 amide bonds. The molecule has 0 rings (SSSR count). The molecule has 0 saturated heterocycles. The highest BCUT2D eigenvalue weighted by molar-refractivity contribution is 5.76. The van der Waals surface area contributed by atoms with Gasteiger partial charge in [0.2, 0.25) is 5.91 Å². The molecule has 0 unspecified atom stereocenters. The molecule has 0 atom stereocenters. The summed E-state index contributed by atoms with van der Waals surface area (Å²) in [5.41, 5.74) is 3.38. The molecular formula is C60H137N3O2. The van der Waals surface area contributed by atoms with Crippen LogP contribution in [0.1, 0.15) is 279 Å². The van der Waals surface area contributed by atoms with Crippen LogP contribution in [-0.4, -0.2) is 81.8 Å². The highest BCUT2D eigenvalue weighted by Crippen LogP contribution is 2.30. The van der Waals surface area contributed by atoms with E-state index >= 15 is 0 Å². The van der Waals surface area contributed by atoms with Crippen LogP contribution in [0.4, 0.5) is 0 Å². The Balaban J connectivity index is -0.0000000789. The minimum absolute atomic E-state index is 0. The lowest BCUT2D eigenvalue weighted by molar-refractivity contribution is -0.130. The predicted molar refractivity (Wildman–Crippen MR) is 307 cm³/mol. The van der Waals surface area contributed by atoms with Crippen molar-refractivity contribution < 1.29 is 9.59 Å². The van der Waals surface area contributed by atoms with E-state index in [4.69, 9.17) is 0 Å². The van der Waals surface area contributed by atoms with Crippen LogP contribution in [0.2, 0.25) is 0 Å². The summed E-state index contributed by atoms with van der Waals surface area (Å²) >= 11 is 0. The highest BCUT2D eigenvalue weighted by Gasteiger charge is 2.20. The van der Waals surface area contributed by atoms with Crippen LogP contribution < -0.4 is 0 Å². The van der Waals surface area contributed by atoms with Gasteiger partial charge in [-0.05, 0) is 110 Å². The first-order chi connectivity index (χ1) is 27.8. The van der Waals surface area contributed by atoms with Gasteiger partial charge in [0.15, 0.2) is 0 Å². The number of amides is 1. The van der Waals surface area contributed by atoms with Gasteiger partial charge >= 0.3 is 0 Å². The normalized spacial score (nSPS) is 11.9. The SMILES string of the molecule is C.CC(=O)CC(C)(C)C.CCC(C)(C)C.CCC(CC)C(C)(C)C.CCCC(C)(C)C.CCCC(C)(C)C.CN(C)C(=O)CC(C)(C)C.CN(C)CC(C)(C)C.CN(C)CCC(C)(C)C. The van der Waals surface area contributed by atoms with E-state index in [1.165, 1.54) is 57.9 Å². The average Bonchev–Trinajstić information content (AvgIpc) is 2.97. The Morgan fingerprint density at radius 2 is 0.708 bits per heavy atom. The topological polar surface area (TPSA) is 43.9 Å². The van der Waals surface area contributed by atoms with Gasteiger partial charge in [0.1, 0.15) is 5.78 Å². The fourth-order valence-corrected chi connectivity index (χ4v) is 5.88. The Bertz CT molecular complexity index is 994. The zero-order valence-electron chi connectivity index (χ0n) is 52.2. The van der Waals surface area contributed by atoms with Gasteiger partial charge in [0.25, 0.3) is 0 Å². The first-order valence-electron chi connectivity index (χ1n) is 25.8. The first kappa shape index (κ1) is 84.0. The van der Waals surface area contributed by atoms with Crippen LogP contribution >= 0.6 is 0 Å². The smallest absolute Gasteiger partial charge is 0.222 e. The number of ketones is 1. The molecule has 65 heavy (non-hydrogen) atoms. The van der Waals surface area contributed by atoms with E-state index in [0.29, 0.717) is 45.3 Å². The second kappa shape index (κ2) is 40.9. The van der Waals surface area contributed by atoms with Crippen LogP contribution in [-0.2, 0) is 9.59 Å². The monoisotopic (exact) mass is 932 g/mol. The molecule has 0 saturated carbocycles. The number of hydrogen-bond acceptors (Lipinski definition) is 4. The van der Waals surface area contributed by atoms with Gasteiger partial charge in [-0.15, -0.1) is 0 Å². The van der Waals surface area contributed by atoms with Crippen molar-refractivity contribution in [1.29, 1.82) is 0 Å². The Labute approximate surface area is 418 Å². The lowest BCUT2D eigenvalue weighted by atomic mass is 9.78. The molecular weight excluding hydrogens is 795 g/mol. The second-order valence-electron chi connectivity index (χ2n) is 28.8. The van der Waals surface area contributed by atoms with Crippen LogP contribution in [0.3, 0.4) is 0 Å². The summed E-state index contributed by atoms with van der Waals surface area (Å²) < 4.78 is 0. The summed E-state index contributed by atoms with van der Waals surface area (Å²) in [7, 11) is 12.0. The minimum Gasteiger partial charge on any atom is -0.349 e. The molecule has 0 bridgehead atoms. The van der Waals surface area contributed by atoms with E-state index in [2.05, 4.69) is 239 Å². The molecule has 5 nitrogen and oxygen atoms in total. The molecule has 0 spiro atoms. The molecule has 0 aromatic carbocycles. The Morgan fingerprint density at radius 3 is 0.738 bits per heavy atom. The lowest BCUT2D eigenvalue weighted by Gasteiger charge is -2.28. The molecule has 0 aromatic heterocycles. The maximum absolute atomic E-state index is 11.1. The number of nitrogens with zero attached hydrogens (tertiary/aromatic N) is 3. The molecule has 0 aliphatic rings. The fraction of sp³-hybridized carbons (Fsp3) is 0.967. The predicted octanol–water partition coefficient (Wildman–Crippen LogP) is 19.3. The zero-order valence-corrected chi connectivity index (χ0v) is 52.2. The van der Waals surface area contributed by atoms with Crippen molar-refractivity contribution in [3.63, 3.8) is 0 Å². The van der Waals surface area contributed by atoms with Crippen molar-refractivity contribution in [2.75, 3.05) is 55.4 Å². The number of carbonyl (C=O) groups is 2. The van der Waals surface area contributed by atoms with Crippen molar-refractivity contribution in [2.45, 2.75) is 279 Å². The van der Waals surface area contributed by atoms with Crippen molar-refractivity contribution in [3.05, 3.63) is 0 Å². The third kappa shape index (κ3) is 116. The van der Waals surface area contributed by atoms with Crippen LogP contribution in [0.15, 0.2) is 0 Å². The van der Waals surface area contributed by atoms with Crippen LogP contribution in [0.25, 0.3) is 0 Å². The molecule has 0 aromatic rings. The van der Waals surface area contributed by atoms with Gasteiger partial charge in [-0.2, -0.15) is 0 Å². The molecule has 5 heteroatoms. The lowest BCUT2D eigenvalue weighted by Crippen LogP contribution is -2.26. The standard InChI is InChI=1S/C9H20.C8H17NO.C8H19N.C7H17N.C7H14O.2C7H16.C6H14.CH4/c1-6-8(7-2)9(3,4)5;1-8(2,3)6-7(10)9(4)5;1-8(2,3)6-7-9(4)5;1-7(2,3)6-8(4)5;1-6(8)5-7(2,3)4;2*1-5-6-7(2,3)4;1-5-6(2,3)4;/h8H,6-7H2,1-5H3;6H2,1-5H3;6-7H2,1-5H3;6H2,1-5H3;5H2,1-4H3;2*5-6H2,1-4H3;5H2,1-4H3;1H4. The fourth-order valence-electron chi connectivity index (χ4n) is 5.88.